The molecule has 1 aliphatic heterocycles. The molecule has 7 heteroatoms. The second-order valence-electron chi connectivity index (χ2n) is 6.19. The van der Waals surface area contributed by atoms with Gasteiger partial charge in [0.15, 0.2) is 23.4 Å². The Bertz CT molecular complexity index is 962. The van der Waals surface area contributed by atoms with Gasteiger partial charge in [0.2, 0.25) is 5.78 Å². The Balaban J connectivity index is 1.84. The van der Waals surface area contributed by atoms with Gasteiger partial charge in [-0.15, -0.1) is 0 Å². The lowest BCUT2D eigenvalue weighted by atomic mass is 10.1. The summed E-state index contributed by atoms with van der Waals surface area (Å²) in [6.45, 7) is 3.60. The van der Waals surface area contributed by atoms with Crippen molar-refractivity contribution in [3.05, 3.63) is 53.3 Å². The molecule has 3 rings (SSSR count). The molecule has 0 bridgehead atoms. The number of ether oxygens (including phenoxy) is 5. The van der Waals surface area contributed by atoms with E-state index in [1.54, 1.807) is 63.4 Å². The summed E-state index contributed by atoms with van der Waals surface area (Å²) >= 11 is 0. The second-order valence-corrected chi connectivity index (χ2v) is 6.19. The first kappa shape index (κ1) is 20.3. The first-order valence-electron chi connectivity index (χ1n) is 9.11. The van der Waals surface area contributed by atoms with E-state index in [4.69, 9.17) is 23.7 Å². The SMILES string of the molecule is CCOC(=O)[C@@H](C)Oc1ccc2c(c1)O/C(=C\c1cccc(OC)c1OC)C2=O. The molecule has 1 atom stereocenters. The fraction of sp³-hybridized carbons (Fsp3) is 0.273. The Kier molecular flexibility index (Phi) is 6.07. The molecule has 29 heavy (non-hydrogen) atoms. The molecule has 2 aromatic carbocycles. The van der Waals surface area contributed by atoms with Crippen LogP contribution < -0.4 is 18.9 Å². The molecule has 0 radical (unpaired) electrons. The Morgan fingerprint density at radius 2 is 1.97 bits per heavy atom. The molecule has 152 valence electrons. The topological polar surface area (TPSA) is 80.3 Å². The van der Waals surface area contributed by atoms with Gasteiger partial charge in [-0.05, 0) is 38.1 Å². The number of hydrogen-bond donors (Lipinski definition) is 0. The summed E-state index contributed by atoms with van der Waals surface area (Å²) in [6.07, 6.45) is 0.826. The van der Waals surface area contributed by atoms with E-state index in [0.717, 1.165) is 0 Å². The zero-order chi connectivity index (χ0) is 21.0. The number of allylic oxidation sites excluding steroid dienone is 1. The van der Waals surface area contributed by atoms with Gasteiger partial charge in [-0.2, -0.15) is 0 Å². The number of rotatable bonds is 7. The Hall–Kier alpha value is -3.48. The van der Waals surface area contributed by atoms with Crippen molar-refractivity contribution < 1.29 is 33.3 Å². The number of benzene rings is 2. The van der Waals surface area contributed by atoms with E-state index in [9.17, 15) is 9.59 Å². The van der Waals surface area contributed by atoms with Gasteiger partial charge >= 0.3 is 5.97 Å². The Morgan fingerprint density at radius 1 is 1.17 bits per heavy atom. The lowest BCUT2D eigenvalue weighted by Gasteiger charge is -2.13. The highest BCUT2D eigenvalue weighted by atomic mass is 16.6. The molecule has 0 aliphatic carbocycles. The van der Waals surface area contributed by atoms with Crippen molar-refractivity contribution in [1.82, 2.24) is 0 Å². The van der Waals surface area contributed by atoms with Crippen molar-refractivity contribution in [3.63, 3.8) is 0 Å². The molecule has 0 saturated carbocycles. The molecule has 7 nitrogen and oxygen atoms in total. The standard InChI is InChI=1S/C22H22O7/c1-5-27-22(24)13(2)28-15-9-10-16-18(12-15)29-19(20(16)23)11-14-7-6-8-17(25-3)21(14)26-4/h6-13H,5H2,1-4H3/b19-11-/t13-/m1/s1. The molecule has 0 aromatic heterocycles. The maximum Gasteiger partial charge on any atom is 0.347 e. The van der Waals surface area contributed by atoms with Gasteiger partial charge in [0.1, 0.15) is 11.5 Å². The summed E-state index contributed by atoms with van der Waals surface area (Å²) in [6, 6.07) is 10.2. The summed E-state index contributed by atoms with van der Waals surface area (Å²) in [5.41, 5.74) is 1.06. The van der Waals surface area contributed by atoms with Crippen molar-refractivity contribution in [2.75, 3.05) is 20.8 Å². The molecule has 2 aromatic rings. The van der Waals surface area contributed by atoms with E-state index in [1.807, 2.05) is 0 Å². The minimum Gasteiger partial charge on any atom is -0.493 e. The van der Waals surface area contributed by atoms with Gasteiger partial charge in [0.25, 0.3) is 0 Å². The van der Waals surface area contributed by atoms with E-state index in [-0.39, 0.29) is 18.1 Å². The molecule has 0 unspecified atom stereocenters. The maximum absolute atomic E-state index is 12.7. The summed E-state index contributed by atoms with van der Waals surface area (Å²) in [5, 5.41) is 0. The number of ketones is 1. The van der Waals surface area contributed by atoms with Gasteiger partial charge < -0.3 is 23.7 Å². The molecule has 0 N–H and O–H groups in total. The maximum atomic E-state index is 12.7. The minimum atomic E-state index is -0.777. The molecule has 1 heterocycles. The fourth-order valence-corrected chi connectivity index (χ4v) is 2.92. The number of carbonyl (C=O) groups excluding carboxylic acids is 2. The molecule has 0 spiro atoms. The van der Waals surface area contributed by atoms with Crippen LogP contribution in [-0.4, -0.2) is 38.7 Å². The van der Waals surface area contributed by atoms with Crippen LogP contribution in [0.2, 0.25) is 0 Å². The van der Waals surface area contributed by atoms with Gasteiger partial charge in [0.05, 0.1) is 26.4 Å². The van der Waals surface area contributed by atoms with E-state index in [0.29, 0.717) is 34.1 Å². The minimum absolute atomic E-state index is 0.155. The first-order valence-corrected chi connectivity index (χ1v) is 9.11. The highest BCUT2D eigenvalue weighted by Crippen LogP contribution is 2.37. The van der Waals surface area contributed by atoms with Gasteiger partial charge in [-0.1, -0.05) is 12.1 Å². The molecule has 0 fully saturated rings. The summed E-state index contributed by atoms with van der Waals surface area (Å²) in [7, 11) is 3.07. The predicted molar refractivity (Wildman–Crippen MR) is 106 cm³/mol. The van der Waals surface area contributed by atoms with E-state index < -0.39 is 12.1 Å². The summed E-state index contributed by atoms with van der Waals surface area (Å²) in [5.74, 6) is 1.25. The largest absolute Gasteiger partial charge is 0.493 e. The average Bonchev–Trinajstić information content (AvgIpc) is 3.02. The predicted octanol–water partition coefficient (Wildman–Crippen LogP) is 3.65. The normalized spacial score (nSPS) is 14.8. The van der Waals surface area contributed by atoms with Gasteiger partial charge in [0, 0.05) is 11.6 Å². The third-order valence-electron chi connectivity index (χ3n) is 4.29. The van der Waals surface area contributed by atoms with E-state index in [1.165, 1.54) is 7.11 Å². The molecular weight excluding hydrogens is 376 g/mol. The van der Waals surface area contributed by atoms with Crippen molar-refractivity contribution >= 4 is 17.8 Å². The number of fused-ring (bicyclic) bond motifs is 1. The van der Waals surface area contributed by atoms with Crippen LogP contribution >= 0.6 is 0 Å². The van der Waals surface area contributed by atoms with Crippen LogP contribution in [-0.2, 0) is 9.53 Å². The van der Waals surface area contributed by atoms with Crippen LogP contribution in [0.1, 0.15) is 29.8 Å². The highest BCUT2D eigenvalue weighted by Gasteiger charge is 2.29. The highest BCUT2D eigenvalue weighted by molar-refractivity contribution is 6.14. The Labute approximate surface area is 168 Å². The van der Waals surface area contributed by atoms with E-state index in [2.05, 4.69) is 0 Å². The van der Waals surface area contributed by atoms with Crippen molar-refractivity contribution in [1.29, 1.82) is 0 Å². The van der Waals surface area contributed by atoms with Gasteiger partial charge in [-0.25, -0.2) is 4.79 Å². The van der Waals surface area contributed by atoms with Crippen molar-refractivity contribution in [2.45, 2.75) is 20.0 Å². The van der Waals surface area contributed by atoms with Crippen LogP contribution in [0.3, 0.4) is 0 Å². The molecule has 1 aliphatic rings. The van der Waals surface area contributed by atoms with Gasteiger partial charge in [-0.3, -0.25) is 4.79 Å². The van der Waals surface area contributed by atoms with Crippen LogP contribution in [0.5, 0.6) is 23.0 Å². The lowest BCUT2D eigenvalue weighted by molar-refractivity contribution is -0.150. The van der Waals surface area contributed by atoms with Crippen LogP contribution in [0.25, 0.3) is 6.08 Å². The first-order chi connectivity index (χ1) is 14.0. The fourth-order valence-electron chi connectivity index (χ4n) is 2.92. The zero-order valence-electron chi connectivity index (χ0n) is 16.7. The zero-order valence-corrected chi connectivity index (χ0v) is 16.7. The summed E-state index contributed by atoms with van der Waals surface area (Å²) < 4.78 is 26.9. The van der Waals surface area contributed by atoms with Crippen molar-refractivity contribution in [3.8, 4) is 23.0 Å². The third kappa shape index (κ3) is 4.18. The summed E-state index contributed by atoms with van der Waals surface area (Å²) in [4.78, 5) is 24.4. The molecule has 0 amide bonds. The smallest absolute Gasteiger partial charge is 0.347 e. The van der Waals surface area contributed by atoms with Crippen LogP contribution in [0.15, 0.2) is 42.2 Å². The molecule has 0 saturated heterocycles. The number of methoxy groups -OCH3 is 2. The Morgan fingerprint density at radius 3 is 2.66 bits per heavy atom. The average molecular weight is 398 g/mol. The molecular formula is C22H22O7. The number of esters is 1. The number of carbonyl (C=O) groups is 2. The monoisotopic (exact) mass is 398 g/mol. The second kappa shape index (κ2) is 8.68. The quantitative estimate of drug-likeness (QED) is 0.520. The third-order valence-corrected chi connectivity index (χ3v) is 4.29. The number of para-hydroxylation sites is 1. The number of hydrogen-bond acceptors (Lipinski definition) is 7. The number of Topliss-reactive ketones (excluding diaryl/α,β-unsaturated/α-hetero) is 1. The van der Waals surface area contributed by atoms with E-state index >= 15 is 0 Å². The van der Waals surface area contributed by atoms with Crippen LogP contribution in [0, 0.1) is 0 Å². The lowest BCUT2D eigenvalue weighted by Crippen LogP contribution is -2.26. The van der Waals surface area contributed by atoms with Crippen LogP contribution in [0.4, 0.5) is 0 Å². The van der Waals surface area contributed by atoms with Crippen molar-refractivity contribution in [2.24, 2.45) is 0 Å².